The molecule has 25 heavy (non-hydrogen) atoms. The van der Waals surface area contributed by atoms with Gasteiger partial charge in [0.15, 0.2) is 6.61 Å². The van der Waals surface area contributed by atoms with Crippen LogP contribution in [0.2, 0.25) is 0 Å². The van der Waals surface area contributed by atoms with Crippen LogP contribution in [0.4, 0.5) is 5.69 Å². The molecule has 2 aromatic carbocycles. The quantitative estimate of drug-likeness (QED) is 0.721. The van der Waals surface area contributed by atoms with Gasteiger partial charge in [-0.05, 0) is 68.3 Å². The van der Waals surface area contributed by atoms with Gasteiger partial charge in [-0.3, -0.25) is 4.79 Å². The molecule has 3 aromatic rings. The first kappa shape index (κ1) is 17.2. The van der Waals surface area contributed by atoms with Crippen LogP contribution in [0.1, 0.15) is 16.8 Å². The van der Waals surface area contributed by atoms with Gasteiger partial charge in [0.05, 0.1) is 0 Å². The second kappa shape index (κ2) is 7.49. The van der Waals surface area contributed by atoms with Gasteiger partial charge in [-0.1, -0.05) is 6.07 Å². The molecule has 0 aliphatic heterocycles. The third kappa shape index (κ3) is 4.67. The standard InChI is InChI=1S/C20H20N2O2S/c1-13-8-14(2)10-17(9-13)22-19(23)11-24-18-6-4-16(5-7-18)20-21-15(3)12-25-20/h4-10,12H,11H2,1-3H3,(H,22,23). The number of carbonyl (C=O) groups excluding carboxylic acids is 1. The molecule has 5 heteroatoms. The van der Waals surface area contributed by atoms with Crippen LogP contribution in [0.15, 0.2) is 47.8 Å². The first-order valence-electron chi connectivity index (χ1n) is 8.03. The molecule has 1 heterocycles. The molecule has 0 radical (unpaired) electrons. The first-order chi connectivity index (χ1) is 12.0. The lowest BCUT2D eigenvalue weighted by molar-refractivity contribution is -0.118. The molecule has 0 saturated carbocycles. The molecule has 1 aromatic heterocycles. The zero-order valence-electron chi connectivity index (χ0n) is 14.5. The normalized spacial score (nSPS) is 10.5. The van der Waals surface area contributed by atoms with Gasteiger partial charge in [0.2, 0.25) is 0 Å². The van der Waals surface area contributed by atoms with Crippen LogP contribution < -0.4 is 10.1 Å². The van der Waals surface area contributed by atoms with Crippen LogP contribution in [0.3, 0.4) is 0 Å². The topological polar surface area (TPSA) is 51.2 Å². The molecule has 0 fully saturated rings. The summed E-state index contributed by atoms with van der Waals surface area (Å²) in [4.78, 5) is 16.5. The highest BCUT2D eigenvalue weighted by molar-refractivity contribution is 7.13. The molecule has 0 spiro atoms. The van der Waals surface area contributed by atoms with E-state index in [1.807, 2.05) is 62.5 Å². The van der Waals surface area contributed by atoms with Crippen LogP contribution in [-0.2, 0) is 4.79 Å². The zero-order valence-corrected chi connectivity index (χ0v) is 15.3. The Kier molecular flexibility index (Phi) is 5.14. The fraction of sp³-hybridized carbons (Fsp3) is 0.200. The maximum absolute atomic E-state index is 12.1. The van der Waals surface area contributed by atoms with Crippen LogP contribution in [0, 0.1) is 20.8 Å². The molecule has 1 N–H and O–H groups in total. The number of nitrogens with zero attached hydrogens (tertiary/aromatic N) is 1. The predicted octanol–water partition coefficient (Wildman–Crippen LogP) is 4.75. The van der Waals surface area contributed by atoms with E-state index in [4.69, 9.17) is 4.74 Å². The molecule has 4 nitrogen and oxygen atoms in total. The third-order valence-electron chi connectivity index (χ3n) is 3.60. The van der Waals surface area contributed by atoms with Gasteiger partial charge in [-0.15, -0.1) is 11.3 Å². The van der Waals surface area contributed by atoms with Crippen molar-refractivity contribution < 1.29 is 9.53 Å². The minimum absolute atomic E-state index is 0.0251. The molecular formula is C20H20N2O2S. The Labute approximate surface area is 151 Å². The summed E-state index contributed by atoms with van der Waals surface area (Å²) in [6, 6.07) is 13.6. The number of hydrogen-bond donors (Lipinski definition) is 1. The van der Waals surface area contributed by atoms with Crippen molar-refractivity contribution in [3.05, 3.63) is 64.7 Å². The van der Waals surface area contributed by atoms with Gasteiger partial charge < -0.3 is 10.1 Å². The SMILES string of the molecule is Cc1cc(C)cc(NC(=O)COc2ccc(-c3nc(C)cs3)cc2)c1. The molecule has 0 unspecified atom stereocenters. The minimum atomic E-state index is -0.176. The van der Waals surface area contributed by atoms with E-state index in [1.165, 1.54) is 0 Å². The number of carbonyl (C=O) groups is 1. The molecule has 0 aliphatic rings. The molecule has 128 valence electrons. The number of thiazole rings is 1. The fourth-order valence-electron chi connectivity index (χ4n) is 2.57. The zero-order chi connectivity index (χ0) is 17.8. The van der Waals surface area contributed by atoms with E-state index in [-0.39, 0.29) is 12.5 Å². The van der Waals surface area contributed by atoms with Gasteiger partial charge in [-0.25, -0.2) is 4.98 Å². The summed E-state index contributed by atoms with van der Waals surface area (Å²) in [5, 5.41) is 5.87. The van der Waals surface area contributed by atoms with Gasteiger partial charge >= 0.3 is 0 Å². The second-order valence-corrected chi connectivity index (χ2v) is 6.89. The van der Waals surface area contributed by atoms with E-state index in [1.54, 1.807) is 11.3 Å². The largest absolute Gasteiger partial charge is 0.484 e. The molecule has 0 bridgehead atoms. The number of nitrogens with one attached hydrogen (secondary N) is 1. The third-order valence-corrected chi connectivity index (χ3v) is 4.60. The van der Waals surface area contributed by atoms with E-state index in [2.05, 4.69) is 16.4 Å². The smallest absolute Gasteiger partial charge is 0.262 e. The van der Waals surface area contributed by atoms with Crippen LogP contribution in [0.5, 0.6) is 5.75 Å². The average Bonchev–Trinajstić information content (AvgIpc) is 2.99. The van der Waals surface area contributed by atoms with Crippen molar-refractivity contribution in [1.29, 1.82) is 0 Å². The summed E-state index contributed by atoms with van der Waals surface area (Å²) in [5.41, 5.74) is 5.09. The van der Waals surface area contributed by atoms with Crippen molar-refractivity contribution in [1.82, 2.24) is 4.98 Å². The van der Waals surface area contributed by atoms with Gasteiger partial charge in [0.1, 0.15) is 10.8 Å². The van der Waals surface area contributed by atoms with Gasteiger partial charge in [-0.2, -0.15) is 0 Å². The summed E-state index contributed by atoms with van der Waals surface area (Å²) >= 11 is 1.61. The summed E-state index contributed by atoms with van der Waals surface area (Å²) < 4.78 is 5.57. The lowest BCUT2D eigenvalue weighted by Crippen LogP contribution is -2.20. The molecular weight excluding hydrogens is 332 g/mol. The number of amides is 1. The van der Waals surface area contributed by atoms with E-state index in [9.17, 15) is 4.79 Å². The van der Waals surface area contributed by atoms with Crippen LogP contribution in [-0.4, -0.2) is 17.5 Å². The average molecular weight is 352 g/mol. The highest BCUT2D eigenvalue weighted by atomic mass is 32.1. The van der Waals surface area contributed by atoms with Crippen molar-refractivity contribution in [3.8, 4) is 16.3 Å². The number of benzene rings is 2. The Bertz CT molecular complexity index is 865. The molecule has 0 saturated heterocycles. The Morgan fingerprint density at radius 3 is 2.36 bits per heavy atom. The lowest BCUT2D eigenvalue weighted by Gasteiger charge is -2.09. The highest BCUT2D eigenvalue weighted by Gasteiger charge is 2.06. The van der Waals surface area contributed by atoms with Crippen molar-refractivity contribution in [3.63, 3.8) is 0 Å². The Balaban J connectivity index is 1.56. The number of rotatable bonds is 5. The van der Waals surface area contributed by atoms with E-state index < -0.39 is 0 Å². The number of anilines is 1. The Morgan fingerprint density at radius 1 is 1.08 bits per heavy atom. The van der Waals surface area contributed by atoms with E-state index >= 15 is 0 Å². The molecule has 0 atom stereocenters. The maximum atomic E-state index is 12.1. The molecule has 3 rings (SSSR count). The van der Waals surface area contributed by atoms with Crippen LogP contribution >= 0.6 is 11.3 Å². The summed E-state index contributed by atoms with van der Waals surface area (Å²) in [7, 11) is 0. The fourth-order valence-corrected chi connectivity index (χ4v) is 3.38. The second-order valence-electron chi connectivity index (χ2n) is 6.03. The summed E-state index contributed by atoms with van der Waals surface area (Å²) in [6.07, 6.45) is 0. The van der Waals surface area contributed by atoms with Crippen LogP contribution in [0.25, 0.3) is 10.6 Å². The van der Waals surface area contributed by atoms with Crippen molar-refractivity contribution in [2.75, 3.05) is 11.9 Å². The van der Waals surface area contributed by atoms with E-state index in [0.29, 0.717) is 5.75 Å². The number of ether oxygens (including phenoxy) is 1. The van der Waals surface area contributed by atoms with E-state index in [0.717, 1.165) is 33.1 Å². The monoisotopic (exact) mass is 352 g/mol. The number of aryl methyl sites for hydroxylation is 3. The minimum Gasteiger partial charge on any atom is -0.484 e. The number of aromatic nitrogens is 1. The molecule has 1 amide bonds. The highest BCUT2D eigenvalue weighted by Crippen LogP contribution is 2.25. The van der Waals surface area contributed by atoms with Crippen molar-refractivity contribution in [2.45, 2.75) is 20.8 Å². The Hall–Kier alpha value is -2.66. The summed E-state index contributed by atoms with van der Waals surface area (Å²) in [6.45, 7) is 5.96. The number of hydrogen-bond acceptors (Lipinski definition) is 4. The van der Waals surface area contributed by atoms with Gasteiger partial charge in [0.25, 0.3) is 5.91 Å². The predicted molar refractivity (Wildman–Crippen MR) is 102 cm³/mol. The maximum Gasteiger partial charge on any atom is 0.262 e. The first-order valence-corrected chi connectivity index (χ1v) is 8.91. The molecule has 0 aliphatic carbocycles. The van der Waals surface area contributed by atoms with Crippen molar-refractivity contribution in [2.24, 2.45) is 0 Å². The van der Waals surface area contributed by atoms with Gasteiger partial charge in [0, 0.05) is 22.3 Å². The Morgan fingerprint density at radius 2 is 1.76 bits per heavy atom. The lowest BCUT2D eigenvalue weighted by atomic mass is 10.1. The van der Waals surface area contributed by atoms with Crippen molar-refractivity contribution >= 4 is 22.9 Å². The summed E-state index contributed by atoms with van der Waals surface area (Å²) in [5.74, 6) is 0.484.